The van der Waals surface area contributed by atoms with Crippen molar-refractivity contribution in [3.8, 4) is 11.3 Å². The monoisotopic (exact) mass is 286 g/mol. The Balaban J connectivity index is 1.99. The highest BCUT2D eigenvalue weighted by atomic mass is 16.3. The van der Waals surface area contributed by atoms with Crippen molar-refractivity contribution in [3.05, 3.63) is 78.5 Å². The fourth-order valence-corrected chi connectivity index (χ4v) is 2.99. The van der Waals surface area contributed by atoms with E-state index in [1.54, 1.807) is 0 Å². The van der Waals surface area contributed by atoms with Gasteiger partial charge in [-0.3, -0.25) is 0 Å². The van der Waals surface area contributed by atoms with Gasteiger partial charge in [-0.2, -0.15) is 0 Å². The van der Waals surface area contributed by atoms with Crippen LogP contribution < -0.4 is 4.98 Å². The molecule has 1 aromatic heterocycles. The van der Waals surface area contributed by atoms with Gasteiger partial charge >= 0.3 is 0 Å². The molecule has 22 heavy (non-hydrogen) atoms. The van der Waals surface area contributed by atoms with E-state index in [1.807, 2.05) is 30.5 Å². The standard InChI is InChI=1S/C20H15NO/c22-13-14-5-7-16(8-6-14)20-19-10-9-15-3-1-2-4-17(15)18(19)11-12-21-20/h1-12,22H,13H2/p+1. The van der Waals surface area contributed by atoms with Gasteiger partial charge in [-0.1, -0.05) is 42.5 Å². The van der Waals surface area contributed by atoms with Crippen molar-refractivity contribution in [1.82, 2.24) is 0 Å². The molecule has 0 saturated heterocycles. The van der Waals surface area contributed by atoms with E-state index in [9.17, 15) is 5.11 Å². The molecule has 1 heterocycles. The molecule has 0 spiro atoms. The number of aromatic nitrogens is 1. The summed E-state index contributed by atoms with van der Waals surface area (Å²) in [5.41, 5.74) is 3.15. The summed E-state index contributed by atoms with van der Waals surface area (Å²) >= 11 is 0. The second kappa shape index (κ2) is 5.24. The zero-order valence-corrected chi connectivity index (χ0v) is 12.1. The second-order valence-electron chi connectivity index (χ2n) is 5.46. The number of nitrogens with one attached hydrogen (secondary N) is 1. The molecule has 0 atom stereocenters. The summed E-state index contributed by atoms with van der Waals surface area (Å²) < 4.78 is 0. The lowest BCUT2D eigenvalue weighted by atomic mass is 9.98. The lowest BCUT2D eigenvalue weighted by Gasteiger charge is -2.05. The number of benzene rings is 3. The third-order valence-corrected chi connectivity index (χ3v) is 4.14. The molecule has 0 aliphatic carbocycles. The van der Waals surface area contributed by atoms with Crippen LogP contribution in [-0.4, -0.2) is 5.11 Å². The summed E-state index contributed by atoms with van der Waals surface area (Å²) in [5.74, 6) is 0. The van der Waals surface area contributed by atoms with Gasteiger partial charge in [0.25, 0.3) is 0 Å². The summed E-state index contributed by atoms with van der Waals surface area (Å²) in [7, 11) is 0. The Labute approximate surface area is 128 Å². The molecule has 2 heteroatoms. The van der Waals surface area contributed by atoms with Crippen molar-refractivity contribution in [2.75, 3.05) is 0 Å². The van der Waals surface area contributed by atoms with Crippen molar-refractivity contribution in [1.29, 1.82) is 0 Å². The van der Waals surface area contributed by atoms with Gasteiger partial charge in [0.05, 0.1) is 12.0 Å². The average molecular weight is 286 g/mol. The summed E-state index contributed by atoms with van der Waals surface area (Å²) in [6.45, 7) is 0.0736. The van der Waals surface area contributed by atoms with Crippen LogP contribution in [-0.2, 0) is 6.61 Å². The number of aliphatic hydroxyl groups excluding tert-OH is 1. The number of rotatable bonds is 2. The molecule has 4 rings (SSSR count). The fourth-order valence-electron chi connectivity index (χ4n) is 2.99. The maximum Gasteiger partial charge on any atom is 0.218 e. The molecule has 3 aromatic carbocycles. The van der Waals surface area contributed by atoms with E-state index in [0.717, 1.165) is 16.8 Å². The molecular weight excluding hydrogens is 270 g/mol. The lowest BCUT2D eigenvalue weighted by Crippen LogP contribution is -2.06. The number of pyridine rings is 1. The normalized spacial score (nSPS) is 11.1. The van der Waals surface area contributed by atoms with Gasteiger partial charge in [-0.05, 0) is 34.5 Å². The molecule has 106 valence electrons. The summed E-state index contributed by atoms with van der Waals surface area (Å²) in [4.78, 5) is 3.37. The maximum atomic E-state index is 9.18. The van der Waals surface area contributed by atoms with Gasteiger partial charge in [0, 0.05) is 17.0 Å². The molecule has 4 aromatic rings. The van der Waals surface area contributed by atoms with Crippen LogP contribution in [0.4, 0.5) is 0 Å². The Hall–Kier alpha value is -2.71. The van der Waals surface area contributed by atoms with Crippen LogP contribution in [0.25, 0.3) is 32.8 Å². The van der Waals surface area contributed by atoms with Gasteiger partial charge in [0.2, 0.25) is 5.69 Å². The Morgan fingerprint density at radius 2 is 1.55 bits per heavy atom. The van der Waals surface area contributed by atoms with Crippen LogP contribution in [0.2, 0.25) is 0 Å². The van der Waals surface area contributed by atoms with Crippen LogP contribution in [0.1, 0.15) is 5.56 Å². The highest BCUT2D eigenvalue weighted by Gasteiger charge is 2.12. The van der Waals surface area contributed by atoms with E-state index in [-0.39, 0.29) is 6.61 Å². The summed E-state index contributed by atoms with van der Waals surface area (Å²) in [6, 6.07) is 22.9. The SMILES string of the molecule is OCc1ccc(-c2[nH+]ccc3c2ccc2ccccc23)cc1. The predicted molar refractivity (Wildman–Crippen MR) is 89.4 cm³/mol. The van der Waals surface area contributed by atoms with E-state index in [4.69, 9.17) is 0 Å². The van der Waals surface area contributed by atoms with Crippen molar-refractivity contribution < 1.29 is 10.1 Å². The van der Waals surface area contributed by atoms with Gasteiger partial charge in [0.1, 0.15) is 0 Å². The lowest BCUT2D eigenvalue weighted by molar-refractivity contribution is -0.362. The van der Waals surface area contributed by atoms with Crippen molar-refractivity contribution in [2.24, 2.45) is 0 Å². The topological polar surface area (TPSA) is 34.4 Å². The fraction of sp³-hybridized carbons (Fsp3) is 0.0500. The van der Waals surface area contributed by atoms with Crippen LogP contribution in [0.15, 0.2) is 72.9 Å². The van der Waals surface area contributed by atoms with Crippen LogP contribution in [0, 0.1) is 0 Å². The Bertz CT molecular complexity index is 958. The number of aliphatic hydroxyl groups is 1. The minimum absolute atomic E-state index is 0.0736. The zero-order valence-electron chi connectivity index (χ0n) is 12.1. The average Bonchev–Trinajstić information content (AvgIpc) is 2.61. The molecule has 0 saturated carbocycles. The number of aromatic amines is 1. The first-order chi connectivity index (χ1) is 10.9. The minimum atomic E-state index is 0.0736. The van der Waals surface area contributed by atoms with Crippen LogP contribution in [0.3, 0.4) is 0 Å². The number of hydrogen-bond acceptors (Lipinski definition) is 1. The van der Waals surface area contributed by atoms with Crippen LogP contribution >= 0.6 is 0 Å². The Morgan fingerprint density at radius 1 is 0.727 bits per heavy atom. The van der Waals surface area contributed by atoms with Crippen molar-refractivity contribution in [2.45, 2.75) is 6.61 Å². The van der Waals surface area contributed by atoms with E-state index in [0.29, 0.717) is 0 Å². The highest BCUT2D eigenvalue weighted by molar-refractivity contribution is 6.10. The predicted octanol–water partition coefficient (Wildman–Crippen LogP) is 3.97. The molecule has 0 aliphatic heterocycles. The first-order valence-electron chi connectivity index (χ1n) is 7.39. The molecule has 0 amide bonds. The maximum absolute atomic E-state index is 9.18. The largest absolute Gasteiger partial charge is 0.392 e. The molecule has 0 radical (unpaired) electrons. The van der Waals surface area contributed by atoms with E-state index >= 15 is 0 Å². The summed E-state index contributed by atoms with van der Waals surface area (Å²) in [6.07, 6.45) is 1.99. The van der Waals surface area contributed by atoms with E-state index < -0.39 is 0 Å². The zero-order chi connectivity index (χ0) is 14.9. The first kappa shape index (κ1) is 13.0. The molecule has 0 unspecified atom stereocenters. The number of hydrogen-bond donors (Lipinski definition) is 1. The van der Waals surface area contributed by atoms with Gasteiger partial charge < -0.3 is 5.11 Å². The molecule has 0 fully saturated rings. The third-order valence-electron chi connectivity index (χ3n) is 4.14. The summed E-state index contributed by atoms with van der Waals surface area (Å²) in [5, 5.41) is 14.2. The molecule has 2 nitrogen and oxygen atoms in total. The Morgan fingerprint density at radius 3 is 2.36 bits per heavy atom. The second-order valence-corrected chi connectivity index (χ2v) is 5.46. The van der Waals surface area contributed by atoms with Gasteiger partial charge in [-0.25, -0.2) is 4.98 Å². The van der Waals surface area contributed by atoms with E-state index in [1.165, 1.54) is 21.5 Å². The van der Waals surface area contributed by atoms with Crippen molar-refractivity contribution >= 4 is 21.5 Å². The molecule has 0 aliphatic rings. The molecule has 0 bridgehead atoms. The Kier molecular flexibility index (Phi) is 3.10. The van der Waals surface area contributed by atoms with Crippen LogP contribution in [0.5, 0.6) is 0 Å². The van der Waals surface area contributed by atoms with Crippen molar-refractivity contribution in [3.63, 3.8) is 0 Å². The first-order valence-corrected chi connectivity index (χ1v) is 7.39. The molecular formula is C20H16NO+. The number of H-pyrrole nitrogens is 1. The van der Waals surface area contributed by atoms with Gasteiger partial charge in [0.15, 0.2) is 6.20 Å². The van der Waals surface area contributed by atoms with Gasteiger partial charge in [-0.15, -0.1) is 0 Å². The quantitative estimate of drug-likeness (QED) is 0.556. The smallest absolute Gasteiger partial charge is 0.218 e. The number of fused-ring (bicyclic) bond motifs is 3. The highest BCUT2D eigenvalue weighted by Crippen LogP contribution is 2.30. The molecule has 2 N–H and O–H groups in total. The third kappa shape index (κ3) is 2.05. The van der Waals surface area contributed by atoms with E-state index in [2.05, 4.69) is 47.4 Å². The minimum Gasteiger partial charge on any atom is -0.392 e.